The summed E-state index contributed by atoms with van der Waals surface area (Å²) >= 11 is 0. The minimum Gasteiger partial charge on any atom is -0.383 e. The molecule has 1 saturated heterocycles. The van der Waals surface area contributed by atoms with Crippen LogP contribution < -0.4 is 10.6 Å². The monoisotopic (exact) mass is 320 g/mol. The molecule has 0 radical (unpaired) electrons. The first kappa shape index (κ1) is 16.7. The molecule has 23 heavy (non-hydrogen) atoms. The van der Waals surface area contributed by atoms with Gasteiger partial charge in [0, 0.05) is 50.4 Å². The molecule has 1 atom stereocenters. The lowest BCUT2D eigenvalue weighted by Crippen LogP contribution is -2.35. The number of nitro groups is 1. The molecule has 0 bridgehead atoms. The third-order valence-corrected chi connectivity index (χ3v) is 3.80. The van der Waals surface area contributed by atoms with Gasteiger partial charge in [0.1, 0.15) is 0 Å². The Hall–Kier alpha value is -2.64. The number of nitrogens with one attached hydrogen (secondary N) is 2. The molecule has 2 N–H and O–H groups in total. The van der Waals surface area contributed by atoms with Crippen LogP contribution >= 0.6 is 0 Å². The van der Waals surface area contributed by atoms with Crippen LogP contribution in [0.5, 0.6) is 0 Å². The predicted octanol–water partition coefficient (Wildman–Crippen LogP) is 0.991. The van der Waals surface area contributed by atoms with Gasteiger partial charge in [-0.1, -0.05) is 0 Å². The maximum Gasteiger partial charge on any atom is 0.269 e. The summed E-state index contributed by atoms with van der Waals surface area (Å²) < 4.78 is 0. The van der Waals surface area contributed by atoms with Crippen LogP contribution in [0.15, 0.2) is 24.3 Å². The van der Waals surface area contributed by atoms with Crippen molar-refractivity contribution in [2.45, 2.75) is 13.3 Å². The topological polar surface area (TPSA) is 105 Å². The number of rotatable bonds is 7. The summed E-state index contributed by atoms with van der Waals surface area (Å²) in [5.74, 6) is -0.363. The van der Waals surface area contributed by atoms with Crippen LogP contribution in [0.3, 0.4) is 0 Å². The SMILES string of the molecule is CCN1CC(C(=O)NCCNc2ccc([N+](=O)[O-])cc2)CC1=O. The molecule has 0 saturated carbocycles. The van der Waals surface area contributed by atoms with Gasteiger partial charge in [-0.2, -0.15) is 0 Å². The molecule has 8 heteroatoms. The van der Waals surface area contributed by atoms with Gasteiger partial charge < -0.3 is 15.5 Å². The summed E-state index contributed by atoms with van der Waals surface area (Å²) in [6.45, 7) is 3.93. The molecule has 124 valence electrons. The zero-order valence-electron chi connectivity index (χ0n) is 12.9. The zero-order valence-corrected chi connectivity index (χ0v) is 12.9. The van der Waals surface area contributed by atoms with Crippen LogP contribution in [0.4, 0.5) is 11.4 Å². The van der Waals surface area contributed by atoms with Crippen LogP contribution in [-0.4, -0.2) is 47.8 Å². The number of amides is 2. The number of non-ortho nitro benzene ring substituents is 1. The molecule has 0 aromatic heterocycles. The Bertz CT molecular complexity index is 588. The predicted molar refractivity (Wildman–Crippen MR) is 85.0 cm³/mol. The highest BCUT2D eigenvalue weighted by molar-refractivity contribution is 5.89. The maximum absolute atomic E-state index is 12.0. The Morgan fingerprint density at radius 1 is 1.35 bits per heavy atom. The number of carbonyl (C=O) groups excluding carboxylic acids is 2. The molecule has 0 spiro atoms. The standard InChI is InChI=1S/C15H20N4O4/c1-2-18-10-11(9-14(18)20)15(21)17-8-7-16-12-3-5-13(6-4-12)19(22)23/h3-6,11,16H,2,7-10H2,1H3,(H,17,21). The largest absolute Gasteiger partial charge is 0.383 e. The van der Waals surface area contributed by atoms with Crippen molar-refractivity contribution >= 4 is 23.2 Å². The summed E-state index contributed by atoms with van der Waals surface area (Å²) in [5.41, 5.74) is 0.785. The molecule has 1 aliphatic heterocycles. The number of benzene rings is 1. The first-order valence-corrected chi connectivity index (χ1v) is 7.55. The Kier molecular flexibility index (Phi) is 5.51. The van der Waals surface area contributed by atoms with Gasteiger partial charge in [-0.15, -0.1) is 0 Å². The van der Waals surface area contributed by atoms with Crippen LogP contribution in [0.25, 0.3) is 0 Å². The van der Waals surface area contributed by atoms with E-state index in [0.717, 1.165) is 5.69 Å². The number of nitrogens with zero attached hydrogens (tertiary/aromatic N) is 2. The normalized spacial score (nSPS) is 17.2. The number of hydrogen-bond donors (Lipinski definition) is 2. The number of likely N-dealkylation sites (tertiary alicyclic amines) is 1. The van der Waals surface area contributed by atoms with Crippen LogP contribution in [0, 0.1) is 16.0 Å². The van der Waals surface area contributed by atoms with Crippen molar-refractivity contribution in [1.82, 2.24) is 10.2 Å². The minimum atomic E-state index is -0.452. The molecule has 2 amide bonds. The van der Waals surface area contributed by atoms with Crippen molar-refractivity contribution in [2.75, 3.05) is 31.5 Å². The van der Waals surface area contributed by atoms with Crippen molar-refractivity contribution in [2.24, 2.45) is 5.92 Å². The van der Waals surface area contributed by atoms with Gasteiger partial charge >= 0.3 is 0 Å². The van der Waals surface area contributed by atoms with Crippen molar-refractivity contribution < 1.29 is 14.5 Å². The van der Waals surface area contributed by atoms with E-state index in [2.05, 4.69) is 10.6 Å². The van der Waals surface area contributed by atoms with Crippen LogP contribution in [-0.2, 0) is 9.59 Å². The fourth-order valence-electron chi connectivity index (χ4n) is 2.49. The lowest BCUT2D eigenvalue weighted by Gasteiger charge is -2.14. The number of carbonyl (C=O) groups is 2. The summed E-state index contributed by atoms with van der Waals surface area (Å²) in [5, 5.41) is 16.4. The molecular weight excluding hydrogens is 300 g/mol. The second-order valence-corrected chi connectivity index (χ2v) is 5.36. The number of nitro benzene ring substituents is 1. The van der Waals surface area contributed by atoms with Gasteiger partial charge in [0.05, 0.1) is 10.8 Å². The van der Waals surface area contributed by atoms with E-state index in [9.17, 15) is 19.7 Å². The molecular formula is C15H20N4O4. The van der Waals surface area contributed by atoms with E-state index in [1.54, 1.807) is 17.0 Å². The minimum absolute atomic E-state index is 0.0247. The average molecular weight is 320 g/mol. The van der Waals surface area contributed by atoms with E-state index in [0.29, 0.717) is 26.2 Å². The van der Waals surface area contributed by atoms with Crippen molar-refractivity contribution in [3.63, 3.8) is 0 Å². The highest BCUT2D eigenvalue weighted by atomic mass is 16.6. The highest BCUT2D eigenvalue weighted by Gasteiger charge is 2.32. The van der Waals surface area contributed by atoms with Gasteiger partial charge in [0.15, 0.2) is 0 Å². The molecule has 8 nitrogen and oxygen atoms in total. The third-order valence-electron chi connectivity index (χ3n) is 3.80. The number of hydrogen-bond acceptors (Lipinski definition) is 5. The molecule has 1 unspecified atom stereocenters. The molecule has 1 aliphatic rings. The van der Waals surface area contributed by atoms with E-state index in [1.807, 2.05) is 6.92 Å². The van der Waals surface area contributed by atoms with E-state index >= 15 is 0 Å². The van der Waals surface area contributed by atoms with Gasteiger partial charge in [0.25, 0.3) is 5.69 Å². The maximum atomic E-state index is 12.0. The summed E-state index contributed by atoms with van der Waals surface area (Å²) in [6, 6.07) is 6.08. The molecule has 2 rings (SSSR count). The van der Waals surface area contributed by atoms with Gasteiger partial charge in [0.2, 0.25) is 11.8 Å². The second-order valence-electron chi connectivity index (χ2n) is 5.36. The Morgan fingerprint density at radius 3 is 2.61 bits per heavy atom. The molecule has 1 fully saturated rings. The lowest BCUT2D eigenvalue weighted by molar-refractivity contribution is -0.384. The fraction of sp³-hybridized carbons (Fsp3) is 0.467. The van der Waals surface area contributed by atoms with Gasteiger partial charge in [-0.25, -0.2) is 0 Å². The van der Waals surface area contributed by atoms with Gasteiger partial charge in [-0.05, 0) is 19.1 Å². The van der Waals surface area contributed by atoms with E-state index in [1.165, 1.54) is 12.1 Å². The molecule has 1 aromatic carbocycles. The molecule has 0 aliphatic carbocycles. The van der Waals surface area contributed by atoms with E-state index in [4.69, 9.17) is 0 Å². The molecule has 1 aromatic rings. The summed E-state index contributed by atoms with van der Waals surface area (Å²) in [7, 11) is 0. The number of anilines is 1. The van der Waals surface area contributed by atoms with Gasteiger partial charge in [-0.3, -0.25) is 19.7 Å². The van der Waals surface area contributed by atoms with Crippen LogP contribution in [0.1, 0.15) is 13.3 Å². The summed E-state index contributed by atoms with van der Waals surface area (Å²) in [4.78, 5) is 35.4. The quantitative estimate of drug-likeness (QED) is 0.443. The summed E-state index contributed by atoms with van der Waals surface area (Å²) in [6.07, 6.45) is 0.273. The Labute approximate surface area is 134 Å². The smallest absolute Gasteiger partial charge is 0.269 e. The first-order valence-electron chi connectivity index (χ1n) is 7.55. The first-order chi connectivity index (χ1) is 11.0. The van der Waals surface area contributed by atoms with Crippen LogP contribution in [0.2, 0.25) is 0 Å². The second kappa shape index (κ2) is 7.57. The third kappa shape index (κ3) is 4.41. The zero-order chi connectivity index (χ0) is 16.8. The van der Waals surface area contributed by atoms with Crippen molar-refractivity contribution in [3.8, 4) is 0 Å². The molecule has 1 heterocycles. The van der Waals surface area contributed by atoms with Crippen molar-refractivity contribution in [1.29, 1.82) is 0 Å². The van der Waals surface area contributed by atoms with E-state index in [-0.39, 0.29) is 29.8 Å². The Morgan fingerprint density at radius 2 is 2.04 bits per heavy atom. The van der Waals surface area contributed by atoms with Crippen molar-refractivity contribution in [3.05, 3.63) is 34.4 Å². The lowest BCUT2D eigenvalue weighted by atomic mass is 10.1. The Balaban J connectivity index is 1.70. The highest BCUT2D eigenvalue weighted by Crippen LogP contribution is 2.17. The fourth-order valence-corrected chi connectivity index (χ4v) is 2.49. The van der Waals surface area contributed by atoms with E-state index < -0.39 is 4.92 Å². The average Bonchev–Trinajstić information content (AvgIpc) is 2.93.